The number of nitrogens with one attached hydrogen (secondary N) is 2. The quantitative estimate of drug-likeness (QED) is 0.658. The van der Waals surface area contributed by atoms with Crippen molar-refractivity contribution in [2.24, 2.45) is 0 Å². The van der Waals surface area contributed by atoms with E-state index in [0.29, 0.717) is 35.7 Å². The molecule has 4 rings (SSSR count). The van der Waals surface area contributed by atoms with Crippen molar-refractivity contribution in [1.82, 2.24) is 24.7 Å². The summed E-state index contributed by atoms with van der Waals surface area (Å²) in [4.78, 5) is 28.3. The van der Waals surface area contributed by atoms with Crippen molar-refractivity contribution in [3.63, 3.8) is 0 Å². The lowest BCUT2D eigenvalue weighted by atomic mass is 10.3. The summed E-state index contributed by atoms with van der Waals surface area (Å²) in [6, 6.07) is 4.09. The van der Waals surface area contributed by atoms with Crippen molar-refractivity contribution in [2.75, 3.05) is 37.0 Å². The molecule has 0 saturated carbocycles. The zero-order valence-electron chi connectivity index (χ0n) is 16.8. The number of carbonyl (C=O) groups is 1. The van der Waals surface area contributed by atoms with Gasteiger partial charge in [0.05, 0.1) is 18.0 Å². The van der Waals surface area contributed by atoms with Gasteiger partial charge in [0, 0.05) is 37.7 Å². The molecule has 1 saturated heterocycles. The zero-order valence-corrected chi connectivity index (χ0v) is 16.8. The van der Waals surface area contributed by atoms with E-state index < -0.39 is 0 Å². The maximum atomic E-state index is 12.9. The van der Waals surface area contributed by atoms with Gasteiger partial charge in [-0.1, -0.05) is 0 Å². The second-order valence-electron chi connectivity index (χ2n) is 7.06. The molecule has 1 unspecified atom stereocenters. The van der Waals surface area contributed by atoms with Crippen LogP contribution >= 0.6 is 0 Å². The number of carbonyl (C=O) groups excluding carboxylic acids is 1. The molecule has 29 heavy (non-hydrogen) atoms. The fraction of sp³-hybridized carbons (Fsp3) is 0.400. The SMILES string of the molecule is CCOc1nc(N2CCC(NC)C2)ncc1C(=O)Nc1ccc2nc(C)cn2c1. The maximum absolute atomic E-state index is 12.9. The number of anilines is 2. The number of likely N-dealkylation sites (N-methyl/N-ethyl adjacent to an activating group) is 1. The van der Waals surface area contributed by atoms with Crippen molar-refractivity contribution in [3.8, 4) is 5.88 Å². The Morgan fingerprint density at radius 2 is 2.17 bits per heavy atom. The van der Waals surface area contributed by atoms with Crippen LogP contribution in [0, 0.1) is 6.92 Å². The molecule has 0 aliphatic carbocycles. The van der Waals surface area contributed by atoms with Gasteiger partial charge in [-0.2, -0.15) is 4.98 Å². The van der Waals surface area contributed by atoms with Gasteiger partial charge in [0.25, 0.3) is 5.91 Å². The van der Waals surface area contributed by atoms with Gasteiger partial charge >= 0.3 is 0 Å². The lowest BCUT2D eigenvalue weighted by molar-refractivity contribution is 0.102. The fourth-order valence-electron chi connectivity index (χ4n) is 3.48. The van der Waals surface area contributed by atoms with E-state index in [9.17, 15) is 4.79 Å². The molecule has 0 aromatic carbocycles. The highest BCUT2D eigenvalue weighted by Crippen LogP contribution is 2.23. The van der Waals surface area contributed by atoms with Gasteiger partial charge in [0.2, 0.25) is 11.8 Å². The summed E-state index contributed by atoms with van der Waals surface area (Å²) in [6.07, 6.45) is 6.30. The van der Waals surface area contributed by atoms with Crippen LogP contribution in [0.4, 0.5) is 11.6 Å². The van der Waals surface area contributed by atoms with Crippen molar-refractivity contribution >= 4 is 23.2 Å². The average Bonchev–Trinajstić information content (AvgIpc) is 3.33. The molecule has 0 bridgehead atoms. The van der Waals surface area contributed by atoms with E-state index in [1.54, 1.807) is 0 Å². The van der Waals surface area contributed by atoms with Crippen LogP contribution in [0.3, 0.4) is 0 Å². The number of fused-ring (bicyclic) bond motifs is 1. The summed E-state index contributed by atoms with van der Waals surface area (Å²) in [5.41, 5.74) is 2.71. The molecule has 152 valence electrons. The van der Waals surface area contributed by atoms with Gasteiger partial charge in [-0.25, -0.2) is 9.97 Å². The minimum Gasteiger partial charge on any atom is -0.477 e. The number of aryl methyl sites for hydroxylation is 1. The summed E-state index contributed by atoms with van der Waals surface area (Å²) in [5.74, 6) is 0.561. The van der Waals surface area contributed by atoms with Gasteiger partial charge < -0.3 is 24.7 Å². The van der Waals surface area contributed by atoms with Crippen molar-refractivity contribution < 1.29 is 9.53 Å². The topological polar surface area (TPSA) is 96.7 Å². The molecule has 3 aromatic heterocycles. The van der Waals surface area contributed by atoms with Gasteiger partial charge in [-0.05, 0) is 39.4 Å². The molecule has 1 atom stereocenters. The fourth-order valence-corrected chi connectivity index (χ4v) is 3.48. The van der Waals surface area contributed by atoms with Crippen molar-refractivity contribution in [2.45, 2.75) is 26.3 Å². The predicted molar refractivity (Wildman–Crippen MR) is 111 cm³/mol. The monoisotopic (exact) mass is 395 g/mol. The Kier molecular flexibility index (Phi) is 5.30. The third kappa shape index (κ3) is 4.00. The van der Waals surface area contributed by atoms with Crippen LogP contribution in [0.5, 0.6) is 5.88 Å². The van der Waals surface area contributed by atoms with Crippen LogP contribution in [-0.4, -0.2) is 58.0 Å². The number of hydrogen-bond acceptors (Lipinski definition) is 7. The first-order valence-electron chi connectivity index (χ1n) is 9.76. The summed E-state index contributed by atoms with van der Waals surface area (Å²) >= 11 is 0. The molecule has 0 spiro atoms. The first-order chi connectivity index (χ1) is 14.1. The Labute approximate surface area is 169 Å². The molecule has 9 heteroatoms. The molecule has 4 heterocycles. The lowest BCUT2D eigenvalue weighted by Crippen LogP contribution is -2.30. The Morgan fingerprint density at radius 1 is 1.31 bits per heavy atom. The molecule has 3 aromatic rings. The van der Waals surface area contributed by atoms with Crippen LogP contribution in [0.15, 0.2) is 30.7 Å². The Balaban J connectivity index is 1.56. The highest BCUT2D eigenvalue weighted by Gasteiger charge is 2.25. The van der Waals surface area contributed by atoms with E-state index in [-0.39, 0.29) is 5.91 Å². The van der Waals surface area contributed by atoms with E-state index >= 15 is 0 Å². The summed E-state index contributed by atoms with van der Waals surface area (Å²) in [6.45, 7) is 5.91. The number of rotatable bonds is 6. The van der Waals surface area contributed by atoms with E-state index in [1.807, 2.05) is 49.8 Å². The third-order valence-corrected chi connectivity index (χ3v) is 4.98. The van der Waals surface area contributed by atoms with Crippen molar-refractivity contribution in [1.29, 1.82) is 0 Å². The standard InChI is InChI=1S/C20H25N7O2/c1-4-29-19-16(9-22-20(25-19)26-8-7-14(11-26)21-3)18(28)24-15-5-6-17-23-13(2)10-27(17)12-15/h5-6,9-10,12,14,21H,4,7-8,11H2,1-3H3,(H,24,28). The molecule has 1 aliphatic rings. The van der Waals surface area contributed by atoms with Gasteiger partial charge in [-0.3, -0.25) is 4.79 Å². The summed E-state index contributed by atoms with van der Waals surface area (Å²) < 4.78 is 7.53. The highest BCUT2D eigenvalue weighted by molar-refractivity contribution is 6.05. The smallest absolute Gasteiger partial charge is 0.262 e. The first-order valence-corrected chi connectivity index (χ1v) is 9.76. The Bertz CT molecular complexity index is 1030. The van der Waals surface area contributed by atoms with Crippen LogP contribution in [-0.2, 0) is 0 Å². The zero-order chi connectivity index (χ0) is 20.4. The predicted octanol–water partition coefficient (Wildman–Crippen LogP) is 1.88. The number of imidazole rings is 1. The van der Waals surface area contributed by atoms with Crippen LogP contribution in [0.2, 0.25) is 0 Å². The van der Waals surface area contributed by atoms with E-state index in [0.717, 1.165) is 30.9 Å². The second-order valence-corrected chi connectivity index (χ2v) is 7.06. The molecule has 1 amide bonds. The van der Waals surface area contributed by atoms with Gasteiger partial charge in [0.1, 0.15) is 11.2 Å². The second kappa shape index (κ2) is 8.04. The van der Waals surface area contributed by atoms with Gasteiger partial charge in [0.15, 0.2) is 0 Å². The largest absolute Gasteiger partial charge is 0.477 e. The van der Waals surface area contributed by atoms with E-state index in [4.69, 9.17) is 4.74 Å². The minimum absolute atomic E-state index is 0.294. The minimum atomic E-state index is -0.314. The molecule has 1 aliphatic heterocycles. The summed E-state index contributed by atoms with van der Waals surface area (Å²) in [5, 5.41) is 6.17. The normalized spacial score (nSPS) is 16.4. The van der Waals surface area contributed by atoms with Crippen LogP contribution in [0.25, 0.3) is 5.65 Å². The average molecular weight is 395 g/mol. The van der Waals surface area contributed by atoms with Crippen LogP contribution < -0.4 is 20.3 Å². The maximum Gasteiger partial charge on any atom is 0.262 e. The Hall–Kier alpha value is -3.20. The highest BCUT2D eigenvalue weighted by atomic mass is 16.5. The van der Waals surface area contributed by atoms with E-state index in [2.05, 4.69) is 30.5 Å². The molecule has 0 radical (unpaired) electrons. The van der Waals surface area contributed by atoms with Crippen LogP contribution in [0.1, 0.15) is 29.4 Å². The number of aromatic nitrogens is 4. The number of hydrogen-bond donors (Lipinski definition) is 2. The number of nitrogens with zero attached hydrogens (tertiary/aromatic N) is 5. The molecular weight excluding hydrogens is 370 g/mol. The Morgan fingerprint density at radius 3 is 2.93 bits per heavy atom. The number of pyridine rings is 1. The number of ether oxygens (including phenoxy) is 1. The molecular formula is C20H25N7O2. The third-order valence-electron chi connectivity index (χ3n) is 4.98. The molecule has 2 N–H and O–H groups in total. The first kappa shape index (κ1) is 19.1. The summed E-state index contributed by atoms with van der Waals surface area (Å²) in [7, 11) is 1.95. The van der Waals surface area contributed by atoms with Crippen molar-refractivity contribution in [3.05, 3.63) is 42.0 Å². The molecule has 9 nitrogen and oxygen atoms in total. The molecule has 1 fully saturated rings. The number of amides is 1. The van der Waals surface area contributed by atoms with E-state index in [1.165, 1.54) is 6.20 Å². The van der Waals surface area contributed by atoms with Gasteiger partial charge in [-0.15, -0.1) is 0 Å². The lowest BCUT2D eigenvalue weighted by Gasteiger charge is -2.18.